The Morgan fingerprint density at radius 1 is 0.964 bits per heavy atom. The fraction of sp³-hybridized carbons (Fsp3) is 0.174. The van der Waals surface area contributed by atoms with Crippen molar-refractivity contribution in [3.8, 4) is 11.5 Å². The lowest BCUT2D eigenvalue weighted by Gasteiger charge is -2.38. The highest BCUT2D eigenvalue weighted by Gasteiger charge is 2.41. The van der Waals surface area contributed by atoms with Crippen LogP contribution in [0.3, 0.4) is 0 Å². The molecule has 0 bridgehead atoms. The van der Waals surface area contributed by atoms with Gasteiger partial charge in [-0.15, -0.1) is 0 Å². The Hall–Kier alpha value is -3.34. The molecule has 140 valence electrons. The summed E-state index contributed by atoms with van der Waals surface area (Å²) in [6, 6.07) is 22.5. The van der Waals surface area contributed by atoms with E-state index in [1.165, 1.54) is 6.07 Å². The molecule has 3 aromatic rings. The zero-order valence-corrected chi connectivity index (χ0v) is 15.4. The molecule has 0 aliphatic carbocycles. The van der Waals surface area contributed by atoms with Gasteiger partial charge in [0.15, 0.2) is 0 Å². The first-order valence-corrected chi connectivity index (χ1v) is 9.25. The predicted octanol–water partition coefficient (Wildman–Crippen LogP) is 5.08. The van der Waals surface area contributed by atoms with Crippen LogP contribution < -0.4 is 9.47 Å². The molecule has 5 heteroatoms. The summed E-state index contributed by atoms with van der Waals surface area (Å²) in [5.74, 6) is 1.29. The molecule has 0 amide bonds. The fourth-order valence-corrected chi connectivity index (χ4v) is 3.87. The molecule has 0 saturated heterocycles. The van der Waals surface area contributed by atoms with Crippen LogP contribution in [0.1, 0.15) is 35.4 Å². The molecular formula is C23H19FN2O2. The quantitative estimate of drug-likeness (QED) is 0.641. The number of fused-ring (bicyclic) bond motifs is 3. The lowest BCUT2D eigenvalue weighted by Crippen LogP contribution is -2.34. The van der Waals surface area contributed by atoms with Gasteiger partial charge in [-0.2, -0.15) is 5.10 Å². The lowest BCUT2D eigenvalue weighted by atomic mass is 9.96. The van der Waals surface area contributed by atoms with Crippen LogP contribution in [0.25, 0.3) is 0 Å². The van der Waals surface area contributed by atoms with E-state index in [1.807, 2.05) is 53.5 Å². The van der Waals surface area contributed by atoms with Gasteiger partial charge in [0.05, 0.1) is 24.4 Å². The van der Waals surface area contributed by atoms with Crippen molar-refractivity contribution in [1.29, 1.82) is 0 Å². The Balaban J connectivity index is 1.58. The van der Waals surface area contributed by atoms with Crippen LogP contribution in [0.2, 0.25) is 0 Å². The summed E-state index contributed by atoms with van der Waals surface area (Å²) in [7, 11) is 1.65. The summed E-state index contributed by atoms with van der Waals surface area (Å²) in [4.78, 5) is 0. The van der Waals surface area contributed by atoms with Gasteiger partial charge in [-0.1, -0.05) is 36.4 Å². The van der Waals surface area contributed by atoms with Gasteiger partial charge in [0, 0.05) is 12.0 Å². The van der Waals surface area contributed by atoms with E-state index < -0.39 is 6.23 Å². The minimum absolute atomic E-state index is 0.00616. The number of hydrazone groups is 1. The summed E-state index contributed by atoms with van der Waals surface area (Å²) >= 11 is 0. The summed E-state index contributed by atoms with van der Waals surface area (Å²) < 4.78 is 26.0. The first-order chi connectivity index (χ1) is 13.7. The topological polar surface area (TPSA) is 34.1 Å². The van der Waals surface area contributed by atoms with E-state index in [1.54, 1.807) is 19.2 Å². The molecule has 0 fully saturated rings. The minimum atomic E-state index is -0.600. The van der Waals surface area contributed by atoms with E-state index in [0.717, 1.165) is 34.8 Å². The van der Waals surface area contributed by atoms with Crippen LogP contribution in [0.15, 0.2) is 77.9 Å². The van der Waals surface area contributed by atoms with Gasteiger partial charge < -0.3 is 9.47 Å². The molecule has 2 heterocycles. The van der Waals surface area contributed by atoms with Crippen LogP contribution in [0.4, 0.5) is 4.39 Å². The zero-order valence-electron chi connectivity index (χ0n) is 15.4. The molecule has 2 aliphatic heterocycles. The Kier molecular flexibility index (Phi) is 4.01. The Morgan fingerprint density at radius 2 is 1.68 bits per heavy atom. The third-order valence-corrected chi connectivity index (χ3v) is 5.29. The van der Waals surface area contributed by atoms with Gasteiger partial charge in [-0.25, -0.2) is 9.40 Å². The zero-order chi connectivity index (χ0) is 19.1. The van der Waals surface area contributed by atoms with Gasteiger partial charge in [0.1, 0.15) is 17.3 Å². The van der Waals surface area contributed by atoms with Crippen LogP contribution in [0.5, 0.6) is 11.5 Å². The number of methoxy groups -OCH3 is 1. The van der Waals surface area contributed by atoms with Crippen LogP contribution >= 0.6 is 0 Å². The Labute approximate surface area is 162 Å². The highest BCUT2D eigenvalue weighted by atomic mass is 19.1. The summed E-state index contributed by atoms with van der Waals surface area (Å²) in [6.45, 7) is 0. The van der Waals surface area contributed by atoms with E-state index in [2.05, 4.69) is 6.07 Å². The second-order valence-corrected chi connectivity index (χ2v) is 6.90. The maximum atomic E-state index is 14.5. The maximum absolute atomic E-state index is 14.5. The van der Waals surface area contributed by atoms with Crippen molar-refractivity contribution in [3.05, 3.63) is 95.3 Å². The van der Waals surface area contributed by atoms with Crippen LogP contribution in [0, 0.1) is 5.82 Å². The van der Waals surface area contributed by atoms with E-state index in [0.29, 0.717) is 5.56 Å². The first kappa shape index (κ1) is 16.8. The number of hydrogen-bond donors (Lipinski definition) is 0. The fourth-order valence-electron chi connectivity index (χ4n) is 3.87. The summed E-state index contributed by atoms with van der Waals surface area (Å²) in [5, 5.41) is 6.74. The molecular weight excluding hydrogens is 355 g/mol. The normalized spacial score (nSPS) is 20.1. The average Bonchev–Trinajstić information content (AvgIpc) is 3.19. The van der Waals surface area contributed by atoms with Crippen LogP contribution in [-0.4, -0.2) is 17.8 Å². The van der Waals surface area contributed by atoms with Gasteiger partial charge in [0.2, 0.25) is 6.23 Å². The van der Waals surface area contributed by atoms with E-state index in [4.69, 9.17) is 14.6 Å². The third kappa shape index (κ3) is 2.71. The van der Waals surface area contributed by atoms with E-state index >= 15 is 0 Å². The monoisotopic (exact) mass is 374 g/mol. The highest BCUT2D eigenvalue weighted by molar-refractivity contribution is 6.02. The van der Waals surface area contributed by atoms with Crippen molar-refractivity contribution in [2.45, 2.75) is 18.7 Å². The average molecular weight is 374 g/mol. The summed E-state index contributed by atoms with van der Waals surface area (Å²) in [6.07, 6.45) is 0.134. The second kappa shape index (κ2) is 6.68. The smallest absolute Gasteiger partial charge is 0.216 e. The van der Waals surface area contributed by atoms with Gasteiger partial charge in [0.25, 0.3) is 0 Å². The van der Waals surface area contributed by atoms with Crippen molar-refractivity contribution in [1.82, 2.24) is 5.01 Å². The standard InChI is InChI=1S/C23H19FN2O2/c1-27-16-12-10-15(11-13-16)20-14-21-18-7-3-5-9-22(18)28-23(26(21)25-20)17-6-2-4-8-19(17)24/h2-13,21,23H,14H2,1H3/t21-,23-/m1/s1. The lowest BCUT2D eigenvalue weighted by molar-refractivity contribution is -0.0212. The third-order valence-electron chi connectivity index (χ3n) is 5.29. The largest absolute Gasteiger partial charge is 0.497 e. The molecule has 5 rings (SSSR count). The number of hydrogen-bond acceptors (Lipinski definition) is 4. The maximum Gasteiger partial charge on any atom is 0.216 e. The van der Waals surface area contributed by atoms with Crippen molar-refractivity contribution >= 4 is 5.71 Å². The molecule has 28 heavy (non-hydrogen) atoms. The summed E-state index contributed by atoms with van der Waals surface area (Å²) in [5.41, 5.74) is 3.54. The number of benzene rings is 3. The van der Waals surface area contributed by atoms with Gasteiger partial charge in [-0.05, 0) is 42.0 Å². The Bertz CT molecular complexity index is 1050. The van der Waals surface area contributed by atoms with Crippen molar-refractivity contribution in [2.24, 2.45) is 5.10 Å². The van der Waals surface area contributed by atoms with Crippen molar-refractivity contribution < 1.29 is 13.9 Å². The molecule has 4 nitrogen and oxygen atoms in total. The molecule has 2 atom stereocenters. The predicted molar refractivity (Wildman–Crippen MR) is 105 cm³/mol. The molecule has 2 aliphatic rings. The molecule has 0 saturated carbocycles. The SMILES string of the molecule is COc1ccc(C2=NN3[C@H](C2)c2ccccc2O[C@@H]3c2ccccc2F)cc1. The Morgan fingerprint density at radius 3 is 2.43 bits per heavy atom. The molecule has 3 aromatic carbocycles. The molecule has 0 aromatic heterocycles. The number of ether oxygens (including phenoxy) is 2. The molecule has 0 N–H and O–H groups in total. The second-order valence-electron chi connectivity index (χ2n) is 6.90. The number of para-hydroxylation sites is 1. The number of rotatable bonds is 3. The van der Waals surface area contributed by atoms with Gasteiger partial charge in [-0.3, -0.25) is 0 Å². The van der Waals surface area contributed by atoms with E-state index in [9.17, 15) is 4.39 Å². The molecule has 0 unspecified atom stereocenters. The number of nitrogens with zero attached hydrogens (tertiary/aromatic N) is 2. The van der Waals surface area contributed by atoms with Crippen LogP contribution in [-0.2, 0) is 0 Å². The van der Waals surface area contributed by atoms with E-state index in [-0.39, 0.29) is 11.9 Å². The minimum Gasteiger partial charge on any atom is -0.497 e. The molecule has 0 radical (unpaired) electrons. The van der Waals surface area contributed by atoms with Crippen molar-refractivity contribution in [3.63, 3.8) is 0 Å². The van der Waals surface area contributed by atoms with Gasteiger partial charge >= 0.3 is 0 Å². The number of halogens is 1. The molecule has 0 spiro atoms. The highest BCUT2D eigenvalue weighted by Crippen LogP contribution is 2.47. The van der Waals surface area contributed by atoms with Crippen molar-refractivity contribution in [2.75, 3.05) is 7.11 Å². The first-order valence-electron chi connectivity index (χ1n) is 9.25.